The van der Waals surface area contributed by atoms with Crippen molar-refractivity contribution in [3.63, 3.8) is 0 Å². The number of benzene rings is 1. The molecule has 20 heavy (non-hydrogen) atoms. The summed E-state index contributed by atoms with van der Waals surface area (Å²) >= 11 is 5.92. The highest BCUT2D eigenvalue weighted by molar-refractivity contribution is 6.32. The Balaban J connectivity index is 1.88. The summed E-state index contributed by atoms with van der Waals surface area (Å²) < 4.78 is 6.69. The minimum absolute atomic E-state index is 0.117. The Morgan fingerprint density at radius 1 is 1.50 bits per heavy atom. The molecule has 2 rings (SSSR count). The first kappa shape index (κ1) is 14.2. The molecule has 1 heterocycles. The molecule has 1 aromatic carbocycles. The van der Waals surface area contributed by atoms with Crippen LogP contribution in [0.25, 0.3) is 0 Å². The summed E-state index contributed by atoms with van der Waals surface area (Å²) in [6, 6.07) is 7.17. The number of anilines is 2. The molecule has 0 bridgehead atoms. The van der Waals surface area contributed by atoms with Crippen molar-refractivity contribution in [2.45, 2.75) is 0 Å². The van der Waals surface area contributed by atoms with E-state index >= 15 is 0 Å². The third-order valence-electron chi connectivity index (χ3n) is 2.62. The minimum Gasteiger partial charge on any atom is -0.492 e. The standard InChI is InChI=1S/C13H15ClN4O2/c1-18-13(19)12(14)11(8-17-18)16-5-6-20-10-4-2-3-9(15)7-10/h2-4,7-8,16H,5-6,15H2,1H3. The number of halogens is 1. The van der Waals surface area contributed by atoms with Crippen molar-refractivity contribution in [2.75, 3.05) is 24.2 Å². The van der Waals surface area contributed by atoms with Gasteiger partial charge in [-0.1, -0.05) is 17.7 Å². The van der Waals surface area contributed by atoms with Gasteiger partial charge in [-0.2, -0.15) is 5.10 Å². The fraction of sp³-hybridized carbons (Fsp3) is 0.231. The van der Waals surface area contributed by atoms with Crippen molar-refractivity contribution in [3.8, 4) is 5.75 Å². The van der Waals surface area contributed by atoms with Gasteiger partial charge in [0.2, 0.25) is 0 Å². The quantitative estimate of drug-likeness (QED) is 0.645. The van der Waals surface area contributed by atoms with Gasteiger partial charge in [-0.05, 0) is 12.1 Å². The first-order valence-corrected chi connectivity index (χ1v) is 6.40. The van der Waals surface area contributed by atoms with Gasteiger partial charge in [0.05, 0.1) is 11.9 Å². The molecule has 0 spiro atoms. The maximum absolute atomic E-state index is 11.6. The van der Waals surface area contributed by atoms with Crippen LogP contribution in [0.3, 0.4) is 0 Å². The molecular weight excluding hydrogens is 280 g/mol. The molecule has 0 radical (unpaired) electrons. The third kappa shape index (κ3) is 3.42. The van der Waals surface area contributed by atoms with Crippen molar-refractivity contribution < 1.29 is 4.74 Å². The number of aryl methyl sites for hydroxylation is 1. The van der Waals surface area contributed by atoms with Crippen LogP contribution in [0.5, 0.6) is 5.75 Å². The van der Waals surface area contributed by atoms with E-state index in [0.29, 0.717) is 30.3 Å². The van der Waals surface area contributed by atoms with E-state index in [9.17, 15) is 4.79 Å². The number of ether oxygens (including phenoxy) is 1. The van der Waals surface area contributed by atoms with E-state index in [2.05, 4.69) is 10.4 Å². The molecule has 2 aromatic rings. The lowest BCUT2D eigenvalue weighted by Gasteiger charge is -2.10. The number of hydrogen-bond acceptors (Lipinski definition) is 5. The predicted molar refractivity (Wildman–Crippen MR) is 79.3 cm³/mol. The fourth-order valence-corrected chi connectivity index (χ4v) is 1.83. The van der Waals surface area contributed by atoms with Gasteiger partial charge in [0.1, 0.15) is 17.4 Å². The van der Waals surface area contributed by atoms with E-state index in [1.54, 1.807) is 19.2 Å². The highest BCUT2D eigenvalue weighted by atomic mass is 35.5. The normalized spacial score (nSPS) is 10.3. The zero-order chi connectivity index (χ0) is 14.5. The van der Waals surface area contributed by atoms with Gasteiger partial charge in [0.15, 0.2) is 0 Å². The summed E-state index contributed by atoms with van der Waals surface area (Å²) in [5.74, 6) is 0.694. The van der Waals surface area contributed by atoms with E-state index in [1.165, 1.54) is 10.9 Å². The maximum Gasteiger partial charge on any atom is 0.287 e. The lowest BCUT2D eigenvalue weighted by Crippen LogP contribution is -2.22. The first-order chi connectivity index (χ1) is 9.58. The van der Waals surface area contributed by atoms with Crippen LogP contribution in [0, 0.1) is 0 Å². The molecule has 1 aromatic heterocycles. The molecule has 106 valence electrons. The van der Waals surface area contributed by atoms with E-state index in [1.807, 2.05) is 12.1 Å². The van der Waals surface area contributed by atoms with Crippen LogP contribution in [-0.4, -0.2) is 22.9 Å². The van der Waals surface area contributed by atoms with E-state index < -0.39 is 0 Å². The number of nitrogens with zero attached hydrogens (tertiary/aromatic N) is 2. The number of hydrogen-bond donors (Lipinski definition) is 2. The molecule has 0 saturated heterocycles. The minimum atomic E-state index is -0.339. The Hall–Kier alpha value is -2.21. The molecular formula is C13H15ClN4O2. The summed E-state index contributed by atoms with van der Waals surface area (Å²) in [6.07, 6.45) is 1.50. The molecule has 0 aliphatic heterocycles. The van der Waals surface area contributed by atoms with Gasteiger partial charge in [-0.3, -0.25) is 4.79 Å². The Morgan fingerprint density at radius 2 is 2.30 bits per heavy atom. The summed E-state index contributed by atoms with van der Waals surface area (Å²) in [6.45, 7) is 0.901. The highest BCUT2D eigenvalue weighted by Crippen LogP contribution is 2.16. The number of nitrogens with one attached hydrogen (secondary N) is 1. The Bertz CT molecular complexity index is 657. The van der Waals surface area contributed by atoms with Crippen LogP contribution in [0.4, 0.5) is 11.4 Å². The van der Waals surface area contributed by atoms with Crippen LogP contribution >= 0.6 is 11.6 Å². The van der Waals surface area contributed by atoms with Gasteiger partial charge in [0.25, 0.3) is 5.56 Å². The van der Waals surface area contributed by atoms with Gasteiger partial charge in [-0.15, -0.1) is 0 Å². The molecule has 0 saturated carbocycles. The largest absolute Gasteiger partial charge is 0.492 e. The van der Waals surface area contributed by atoms with Crippen LogP contribution in [-0.2, 0) is 7.05 Å². The molecule has 0 amide bonds. The molecule has 0 aliphatic rings. The van der Waals surface area contributed by atoms with Crippen LogP contribution in [0.2, 0.25) is 5.02 Å². The Labute approximate surface area is 121 Å². The van der Waals surface area contributed by atoms with Crippen molar-refractivity contribution in [3.05, 3.63) is 45.8 Å². The Kier molecular flexibility index (Phi) is 4.47. The van der Waals surface area contributed by atoms with Crippen LogP contribution < -0.4 is 21.3 Å². The van der Waals surface area contributed by atoms with E-state index in [0.717, 1.165) is 0 Å². The van der Waals surface area contributed by atoms with E-state index in [4.69, 9.17) is 22.1 Å². The smallest absolute Gasteiger partial charge is 0.287 e. The summed E-state index contributed by atoms with van der Waals surface area (Å²) in [4.78, 5) is 11.6. The van der Waals surface area contributed by atoms with E-state index in [-0.39, 0.29) is 10.6 Å². The number of nitrogen functional groups attached to an aromatic ring is 1. The molecule has 3 N–H and O–H groups in total. The predicted octanol–water partition coefficient (Wildman–Crippen LogP) is 1.51. The third-order valence-corrected chi connectivity index (χ3v) is 2.99. The molecule has 0 atom stereocenters. The first-order valence-electron chi connectivity index (χ1n) is 6.02. The van der Waals surface area contributed by atoms with Crippen LogP contribution in [0.15, 0.2) is 35.3 Å². The Morgan fingerprint density at radius 3 is 3.05 bits per heavy atom. The number of rotatable bonds is 5. The zero-order valence-electron chi connectivity index (χ0n) is 11.0. The molecule has 0 aliphatic carbocycles. The summed E-state index contributed by atoms with van der Waals surface area (Å²) in [5, 5.41) is 7.01. The molecule has 0 fully saturated rings. The van der Waals surface area contributed by atoms with Crippen molar-refractivity contribution in [1.82, 2.24) is 9.78 Å². The van der Waals surface area contributed by atoms with Crippen molar-refractivity contribution in [2.24, 2.45) is 7.05 Å². The van der Waals surface area contributed by atoms with Gasteiger partial charge >= 0.3 is 0 Å². The lowest BCUT2D eigenvalue weighted by atomic mass is 10.3. The second-order valence-electron chi connectivity index (χ2n) is 4.15. The summed E-state index contributed by atoms with van der Waals surface area (Å²) in [7, 11) is 1.54. The van der Waals surface area contributed by atoms with Gasteiger partial charge in [0, 0.05) is 25.3 Å². The highest BCUT2D eigenvalue weighted by Gasteiger charge is 2.06. The fourth-order valence-electron chi connectivity index (χ4n) is 1.59. The second kappa shape index (κ2) is 6.29. The molecule has 6 nitrogen and oxygen atoms in total. The summed E-state index contributed by atoms with van der Waals surface area (Å²) in [5.41, 5.74) is 6.45. The van der Waals surface area contributed by atoms with Crippen molar-refractivity contribution in [1.29, 1.82) is 0 Å². The average molecular weight is 295 g/mol. The maximum atomic E-state index is 11.6. The lowest BCUT2D eigenvalue weighted by molar-refractivity contribution is 0.333. The number of nitrogens with two attached hydrogens (primary N) is 1. The number of aromatic nitrogens is 2. The SMILES string of the molecule is Cn1ncc(NCCOc2cccc(N)c2)c(Cl)c1=O. The van der Waals surface area contributed by atoms with Crippen molar-refractivity contribution >= 4 is 23.0 Å². The van der Waals surface area contributed by atoms with Gasteiger partial charge < -0.3 is 15.8 Å². The van der Waals surface area contributed by atoms with Crippen LogP contribution in [0.1, 0.15) is 0 Å². The molecule has 0 unspecified atom stereocenters. The molecule has 7 heteroatoms. The second-order valence-corrected chi connectivity index (χ2v) is 4.53. The average Bonchev–Trinajstić information content (AvgIpc) is 2.43. The zero-order valence-corrected chi connectivity index (χ0v) is 11.7. The monoisotopic (exact) mass is 294 g/mol. The topological polar surface area (TPSA) is 82.2 Å². The van der Waals surface area contributed by atoms with Gasteiger partial charge in [-0.25, -0.2) is 4.68 Å².